The number of aromatic amines is 1. The first-order valence-electron chi connectivity index (χ1n) is 9.66. The molecule has 5 nitrogen and oxygen atoms in total. The number of aromatic nitrogens is 1. The Morgan fingerprint density at radius 1 is 1.19 bits per heavy atom. The lowest BCUT2D eigenvalue weighted by Crippen LogP contribution is -2.44. The van der Waals surface area contributed by atoms with E-state index in [1.165, 1.54) is 0 Å². The smallest absolute Gasteiger partial charge is 0.253 e. The first-order valence-corrected chi connectivity index (χ1v) is 9.66. The Bertz CT molecular complexity index is 861. The van der Waals surface area contributed by atoms with Gasteiger partial charge in [-0.1, -0.05) is 25.0 Å². The molecule has 1 N–H and O–H groups in total. The van der Waals surface area contributed by atoms with Gasteiger partial charge in [-0.2, -0.15) is 0 Å². The number of fused-ring (bicyclic) bond motifs is 1. The lowest BCUT2D eigenvalue weighted by molar-refractivity contribution is -0.144. The second-order valence-corrected chi connectivity index (χ2v) is 7.62. The maximum Gasteiger partial charge on any atom is 0.253 e. The van der Waals surface area contributed by atoms with E-state index in [1.54, 1.807) is 0 Å². The predicted molar refractivity (Wildman–Crippen MR) is 101 cm³/mol. The predicted octanol–water partition coefficient (Wildman–Crippen LogP) is 3.29. The number of aryl methyl sites for hydroxylation is 1. The molecule has 0 radical (unpaired) electrons. The van der Waals surface area contributed by atoms with Gasteiger partial charge in [0.1, 0.15) is 6.10 Å². The van der Waals surface area contributed by atoms with Crippen LogP contribution in [0.25, 0.3) is 10.9 Å². The van der Waals surface area contributed by atoms with Gasteiger partial charge in [0.15, 0.2) is 0 Å². The van der Waals surface area contributed by atoms with Crippen LogP contribution in [0, 0.1) is 6.92 Å². The van der Waals surface area contributed by atoms with Crippen LogP contribution >= 0.6 is 0 Å². The molecule has 1 aromatic heterocycles. The molecule has 5 heteroatoms. The van der Waals surface area contributed by atoms with Gasteiger partial charge in [-0.15, -0.1) is 0 Å². The molecule has 26 heavy (non-hydrogen) atoms. The Labute approximate surface area is 153 Å². The zero-order valence-corrected chi connectivity index (χ0v) is 15.3. The van der Waals surface area contributed by atoms with Crippen LogP contribution in [-0.2, 0) is 16.1 Å². The molecule has 2 aromatic rings. The fourth-order valence-electron chi connectivity index (χ4n) is 4.22. The van der Waals surface area contributed by atoms with Gasteiger partial charge in [-0.3, -0.25) is 9.59 Å². The number of amides is 1. The molecule has 1 aliphatic carbocycles. The summed E-state index contributed by atoms with van der Waals surface area (Å²) in [5, 5.41) is 1.00. The minimum absolute atomic E-state index is 0.0535. The van der Waals surface area contributed by atoms with Gasteiger partial charge in [0.25, 0.3) is 11.5 Å². The largest absolute Gasteiger partial charge is 0.368 e. The topological polar surface area (TPSA) is 62.4 Å². The van der Waals surface area contributed by atoms with Crippen molar-refractivity contribution < 1.29 is 9.53 Å². The minimum Gasteiger partial charge on any atom is -0.368 e. The van der Waals surface area contributed by atoms with Crippen LogP contribution in [-0.4, -0.2) is 34.5 Å². The SMILES string of the molecule is Cc1ccc2cc(CN(C(=O)C3CCCO3)C3CCCC3)c(=O)[nH]c2c1. The Morgan fingerprint density at radius 3 is 2.73 bits per heavy atom. The highest BCUT2D eigenvalue weighted by molar-refractivity contribution is 5.82. The molecule has 1 saturated heterocycles. The van der Waals surface area contributed by atoms with Crippen LogP contribution in [0.4, 0.5) is 0 Å². The van der Waals surface area contributed by atoms with Crippen molar-refractivity contribution in [1.82, 2.24) is 9.88 Å². The third-order valence-electron chi connectivity index (χ3n) is 5.67. The summed E-state index contributed by atoms with van der Waals surface area (Å²) in [7, 11) is 0. The maximum atomic E-state index is 13.0. The summed E-state index contributed by atoms with van der Waals surface area (Å²) >= 11 is 0. The van der Waals surface area contributed by atoms with E-state index in [1.807, 2.05) is 36.1 Å². The molecule has 0 spiro atoms. The van der Waals surface area contributed by atoms with Crippen molar-refractivity contribution >= 4 is 16.8 Å². The number of carbonyl (C=O) groups excluding carboxylic acids is 1. The number of benzene rings is 1. The summed E-state index contributed by atoms with van der Waals surface area (Å²) < 4.78 is 5.63. The van der Waals surface area contributed by atoms with Gasteiger partial charge in [0.2, 0.25) is 0 Å². The first-order chi connectivity index (χ1) is 12.6. The molecule has 0 bridgehead atoms. The van der Waals surface area contributed by atoms with Crippen molar-refractivity contribution in [2.45, 2.75) is 64.1 Å². The second-order valence-electron chi connectivity index (χ2n) is 7.62. The molecule has 1 aliphatic heterocycles. The molecule has 2 fully saturated rings. The molecule has 4 rings (SSSR count). The Hall–Kier alpha value is -2.14. The number of nitrogens with one attached hydrogen (secondary N) is 1. The minimum atomic E-state index is -0.335. The zero-order valence-electron chi connectivity index (χ0n) is 15.3. The summed E-state index contributed by atoms with van der Waals surface area (Å²) in [5.41, 5.74) is 2.50. The van der Waals surface area contributed by atoms with E-state index in [4.69, 9.17) is 4.74 Å². The summed E-state index contributed by atoms with van der Waals surface area (Å²) in [4.78, 5) is 30.5. The Kier molecular flexibility index (Phi) is 4.81. The molecule has 2 aliphatic rings. The van der Waals surface area contributed by atoms with Crippen LogP contribution in [0.1, 0.15) is 49.7 Å². The van der Waals surface area contributed by atoms with Crippen molar-refractivity contribution in [2.24, 2.45) is 0 Å². The number of nitrogens with zero attached hydrogens (tertiary/aromatic N) is 1. The molecule has 1 amide bonds. The van der Waals surface area contributed by atoms with Crippen LogP contribution in [0.15, 0.2) is 29.1 Å². The van der Waals surface area contributed by atoms with E-state index in [-0.39, 0.29) is 23.6 Å². The second kappa shape index (κ2) is 7.23. The number of ether oxygens (including phenoxy) is 1. The van der Waals surface area contributed by atoms with Crippen molar-refractivity contribution in [3.05, 3.63) is 45.7 Å². The lowest BCUT2D eigenvalue weighted by Gasteiger charge is -2.31. The van der Waals surface area contributed by atoms with Crippen molar-refractivity contribution in [3.63, 3.8) is 0 Å². The van der Waals surface area contributed by atoms with Gasteiger partial charge in [0, 0.05) is 23.7 Å². The maximum absolute atomic E-state index is 13.0. The van der Waals surface area contributed by atoms with E-state index >= 15 is 0 Å². The fraction of sp³-hybridized carbons (Fsp3) is 0.524. The van der Waals surface area contributed by atoms with Crippen LogP contribution in [0.3, 0.4) is 0 Å². The number of hydrogen-bond acceptors (Lipinski definition) is 3. The van der Waals surface area contributed by atoms with Crippen molar-refractivity contribution in [2.75, 3.05) is 6.61 Å². The number of carbonyl (C=O) groups is 1. The van der Waals surface area contributed by atoms with Gasteiger partial charge < -0.3 is 14.6 Å². The van der Waals surface area contributed by atoms with Crippen LogP contribution < -0.4 is 5.56 Å². The standard InChI is InChI=1S/C21H26N2O3/c1-14-8-9-15-12-16(20(24)22-18(15)11-14)13-23(17-5-2-3-6-17)21(25)19-7-4-10-26-19/h8-9,11-12,17,19H,2-7,10,13H2,1H3,(H,22,24). The van der Waals surface area contributed by atoms with Crippen LogP contribution in [0.2, 0.25) is 0 Å². The fourth-order valence-corrected chi connectivity index (χ4v) is 4.22. The molecule has 1 atom stereocenters. The third-order valence-corrected chi connectivity index (χ3v) is 5.67. The van der Waals surface area contributed by atoms with E-state index in [0.29, 0.717) is 18.7 Å². The third kappa shape index (κ3) is 3.40. The Morgan fingerprint density at radius 2 is 2.00 bits per heavy atom. The van der Waals surface area contributed by atoms with Gasteiger partial charge in [0.05, 0.1) is 6.54 Å². The summed E-state index contributed by atoms with van der Waals surface area (Å²) in [6, 6.07) is 8.19. The molecular formula is C21H26N2O3. The quantitative estimate of drug-likeness (QED) is 0.916. The van der Waals surface area contributed by atoms with Crippen molar-refractivity contribution in [1.29, 1.82) is 0 Å². The highest BCUT2D eigenvalue weighted by Gasteiger charge is 2.34. The molecule has 1 saturated carbocycles. The lowest BCUT2D eigenvalue weighted by atomic mass is 10.1. The molecule has 1 unspecified atom stereocenters. The average molecular weight is 354 g/mol. The molecule has 2 heterocycles. The van der Waals surface area contributed by atoms with E-state index in [9.17, 15) is 9.59 Å². The average Bonchev–Trinajstić information content (AvgIpc) is 3.33. The van der Waals surface area contributed by atoms with E-state index in [0.717, 1.165) is 55.0 Å². The Balaban J connectivity index is 1.65. The van der Waals surface area contributed by atoms with Crippen molar-refractivity contribution in [3.8, 4) is 0 Å². The number of H-pyrrole nitrogens is 1. The highest BCUT2D eigenvalue weighted by Crippen LogP contribution is 2.27. The monoisotopic (exact) mass is 354 g/mol. The molecule has 1 aromatic carbocycles. The number of pyridine rings is 1. The normalized spacial score (nSPS) is 20.7. The summed E-state index contributed by atoms with van der Waals surface area (Å²) in [6.45, 7) is 3.03. The van der Waals surface area contributed by atoms with Gasteiger partial charge >= 0.3 is 0 Å². The zero-order chi connectivity index (χ0) is 18.1. The van der Waals surface area contributed by atoms with Gasteiger partial charge in [-0.25, -0.2) is 0 Å². The van der Waals surface area contributed by atoms with Crippen LogP contribution in [0.5, 0.6) is 0 Å². The summed E-state index contributed by atoms with van der Waals surface area (Å²) in [5.74, 6) is 0.0535. The number of hydrogen-bond donors (Lipinski definition) is 1. The van der Waals surface area contributed by atoms with E-state index in [2.05, 4.69) is 4.98 Å². The first kappa shape index (κ1) is 17.3. The number of rotatable bonds is 4. The molecule has 138 valence electrons. The van der Waals surface area contributed by atoms with E-state index < -0.39 is 0 Å². The summed E-state index contributed by atoms with van der Waals surface area (Å²) in [6.07, 6.45) is 5.71. The highest BCUT2D eigenvalue weighted by atomic mass is 16.5. The molecular weight excluding hydrogens is 328 g/mol. The van der Waals surface area contributed by atoms with Gasteiger partial charge in [-0.05, 0) is 55.7 Å².